The van der Waals surface area contributed by atoms with Crippen molar-refractivity contribution in [3.8, 4) is 5.75 Å². The van der Waals surface area contributed by atoms with Gasteiger partial charge in [-0.3, -0.25) is 25.3 Å². The van der Waals surface area contributed by atoms with E-state index in [0.717, 1.165) is 26.2 Å². The molecule has 1 saturated heterocycles. The SMILES string of the molecule is O=C(CCN1CCN(c2ccccc2)CC1)NNC(=O)COc1ccccc1. The summed E-state index contributed by atoms with van der Waals surface area (Å²) in [4.78, 5) is 28.3. The minimum absolute atomic E-state index is 0.147. The van der Waals surface area contributed by atoms with E-state index >= 15 is 0 Å². The molecule has 28 heavy (non-hydrogen) atoms. The van der Waals surface area contributed by atoms with Gasteiger partial charge in [0, 0.05) is 44.8 Å². The van der Waals surface area contributed by atoms with E-state index in [-0.39, 0.29) is 12.5 Å². The van der Waals surface area contributed by atoms with Crippen molar-refractivity contribution in [2.45, 2.75) is 6.42 Å². The number of carbonyl (C=O) groups is 2. The van der Waals surface area contributed by atoms with Crippen LogP contribution in [0.2, 0.25) is 0 Å². The lowest BCUT2D eigenvalue weighted by Crippen LogP contribution is -2.48. The van der Waals surface area contributed by atoms with Crippen LogP contribution in [-0.2, 0) is 9.59 Å². The van der Waals surface area contributed by atoms with Gasteiger partial charge in [-0.2, -0.15) is 0 Å². The molecule has 3 rings (SSSR count). The van der Waals surface area contributed by atoms with Crippen LogP contribution in [0.15, 0.2) is 60.7 Å². The van der Waals surface area contributed by atoms with Crippen LogP contribution < -0.4 is 20.5 Å². The van der Waals surface area contributed by atoms with Crippen molar-refractivity contribution < 1.29 is 14.3 Å². The monoisotopic (exact) mass is 382 g/mol. The maximum Gasteiger partial charge on any atom is 0.276 e. The standard InChI is InChI=1S/C21H26N4O3/c26-20(22-23-21(27)17-28-19-9-5-2-6-10-19)11-12-24-13-15-25(16-14-24)18-7-3-1-4-8-18/h1-10H,11-17H2,(H,22,26)(H,23,27). The molecule has 7 heteroatoms. The number of amides is 2. The quantitative estimate of drug-likeness (QED) is 0.709. The van der Waals surface area contributed by atoms with Crippen molar-refractivity contribution in [1.29, 1.82) is 0 Å². The third kappa shape index (κ3) is 6.28. The number of piperazine rings is 1. The molecular formula is C21H26N4O3. The van der Waals surface area contributed by atoms with E-state index in [1.54, 1.807) is 12.1 Å². The van der Waals surface area contributed by atoms with E-state index in [4.69, 9.17) is 4.74 Å². The molecule has 1 aliphatic heterocycles. The van der Waals surface area contributed by atoms with Crippen LogP contribution >= 0.6 is 0 Å². The number of nitrogens with one attached hydrogen (secondary N) is 2. The lowest BCUT2D eigenvalue weighted by Gasteiger charge is -2.36. The Kier molecular flexibility index (Phi) is 7.26. The highest BCUT2D eigenvalue weighted by molar-refractivity contribution is 5.82. The second-order valence-corrected chi connectivity index (χ2v) is 6.61. The Balaban J connectivity index is 1.28. The summed E-state index contributed by atoms with van der Waals surface area (Å²) >= 11 is 0. The smallest absolute Gasteiger partial charge is 0.276 e. The number of para-hydroxylation sites is 2. The first-order valence-corrected chi connectivity index (χ1v) is 9.48. The van der Waals surface area contributed by atoms with Gasteiger partial charge in [-0.1, -0.05) is 36.4 Å². The number of rotatable bonds is 7. The van der Waals surface area contributed by atoms with Gasteiger partial charge in [-0.05, 0) is 24.3 Å². The summed E-state index contributed by atoms with van der Waals surface area (Å²) in [6, 6.07) is 19.4. The fourth-order valence-electron chi connectivity index (χ4n) is 3.03. The van der Waals surface area contributed by atoms with Gasteiger partial charge >= 0.3 is 0 Å². The molecule has 2 aromatic rings. The van der Waals surface area contributed by atoms with Crippen molar-refractivity contribution in [2.24, 2.45) is 0 Å². The summed E-state index contributed by atoms with van der Waals surface area (Å²) in [5, 5.41) is 0. The summed E-state index contributed by atoms with van der Waals surface area (Å²) in [6.45, 7) is 4.24. The Morgan fingerprint density at radius 1 is 0.821 bits per heavy atom. The zero-order valence-corrected chi connectivity index (χ0v) is 15.8. The van der Waals surface area contributed by atoms with Crippen molar-refractivity contribution in [3.05, 3.63) is 60.7 Å². The van der Waals surface area contributed by atoms with Crippen LogP contribution in [0.4, 0.5) is 5.69 Å². The minimum atomic E-state index is -0.395. The zero-order chi connectivity index (χ0) is 19.6. The van der Waals surface area contributed by atoms with Gasteiger partial charge in [-0.25, -0.2) is 0 Å². The van der Waals surface area contributed by atoms with Crippen molar-refractivity contribution >= 4 is 17.5 Å². The normalized spacial score (nSPS) is 14.4. The number of carbonyl (C=O) groups excluding carboxylic acids is 2. The number of nitrogens with zero attached hydrogens (tertiary/aromatic N) is 2. The van der Waals surface area contributed by atoms with E-state index in [1.165, 1.54) is 5.69 Å². The minimum Gasteiger partial charge on any atom is -0.484 e. The summed E-state index contributed by atoms with van der Waals surface area (Å²) in [5.41, 5.74) is 6.05. The first-order valence-electron chi connectivity index (χ1n) is 9.48. The number of benzene rings is 2. The van der Waals surface area contributed by atoms with E-state index < -0.39 is 5.91 Å². The third-order valence-electron chi connectivity index (χ3n) is 4.60. The number of ether oxygens (including phenoxy) is 1. The van der Waals surface area contributed by atoms with Crippen LogP contribution in [-0.4, -0.2) is 56.0 Å². The van der Waals surface area contributed by atoms with Gasteiger partial charge in [0.05, 0.1) is 0 Å². The zero-order valence-electron chi connectivity index (χ0n) is 15.8. The molecule has 2 N–H and O–H groups in total. The first kappa shape index (κ1) is 19.7. The van der Waals surface area contributed by atoms with Crippen LogP contribution in [0, 0.1) is 0 Å². The van der Waals surface area contributed by atoms with Crippen molar-refractivity contribution in [3.63, 3.8) is 0 Å². The molecule has 0 bridgehead atoms. The summed E-state index contributed by atoms with van der Waals surface area (Å²) in [6.07, 6.45) is 0.338. The largest absolute Gasteiger partial charge is 0.484 e. The van der Waals surface area contributed by atoms with Crippen LogP contribution in [0.5, 0.6) is 5.75 Å². The molecule has 0 unspecified atom stereocenters. The third-order valence-corrected chi connectivity index (χ3v) is 4.60. The summed E-state index contributed by atoms with van der Waals surface area (Å²) in [5.74, 6) is 0.00542. The van der Waals surface area contributed by atoms with Crippen molar-refractivity contribution in [2.75, 3.05) is 44.2 Å². The van der Waals surface area contributed by atoms with E-state index in [2.05, 4.69) is 32.8 Å². The Morgan fingerprint density at radius 3 is 2.11 bits per heavy atom. The fourth-order valence-corrected chi connectivity index (χ4v) is 3.03. The molecule has 0 spiro atoms. The molecule has 1 aliphatic rings. The fraction of sp³-hybridized carbons (Fsp3) is 0.333. The average molecular weight is 382 g/mol. The average Bonchev–Trinajstić information content (AvgIpc) is 2.76. The van der Waals surface area contributed by atoms with Crippen LogP contribution in [0.25, 0.3) is 0 Å². The van der Waals surface area contributed by atoms with Gasteiger partial charge in [0.2, 0.25) is 5.91 Å². The molecule has 7 nitrogen and oxygen atoms in total. The molecular weight excluding hydrogens is 356 g/mol. The second kappa shape index (κ2) is 10.3. The molecule has 2 aromatic carbocycles. The van der Waals surface area contributed by atoms with Crippen LogP contribution in [0.1, 0.15) is 6.42 Å². The summed E-state index contributed by atoms with van der Waals surface area (Å²) in [7, 11) is 0. The van der Waals surface area contributed by atoms with Crippen LogP contribution in [0.3, 0.4) is 0 Å². The molecule has 148 valence electrons. The number of anilines is 1. The summed E-state index contributed by atoms with van der Waals surface area (Å²) < 4.78 is 5.33. The number of hydrazine groups is 1. The predicted molar refractivity (Wildman–Crippen MR) is 108 cm³/mol. The van der Waals surface area contributed by atoms with Gasteiger partial charge in [0.15, 0.2) is 6.61 Å². The van der Waals surface area contributed by atoms with E-state index in [9.17, 15) is 9.59 Å². The van der Waals surface area contributed by atoms with Gasteiger partial charge in [0.25, 0.3) is 5.91 Å². The van der Waals surface area contributed by atoms with Gasteiger partial charge in [0.1, 0.15) is 5.75 Å². The lowest BCUT2D eigenvalue weighted by molar-refractivity contribution is -0.130. The predicted octanol–water partition coefficient (Wildman–Crippen LogP) is 1.43. The highest BCUT2D eigenvalue weighted by Crippen LogP contribution is 2.15. The second-order valence-electron chi connectivity index (χ2n) is 6.61. The molecule has 0 saturated carbocycles. The lowest BCUT2D eigenvalue weighted by atomic mass is 10.2. The van der Waals surface area contributed by atoms with Gasteiger partial charge < -0.3 is 9.64 Å². The number of hydrogen-bond acceptors (Lipinski definition) is 5. The molecule has 1 fully saturated rings. The number of hydrogen-bond donors (Lipinski definition) is 2. The molecule has 2 amide bonds. The van der Waals surface area contributed by atoms with E-state index in [0.29, 0.717) is 18.7 Å². The topological polar surface area (TPSA) is 73.9 Å². The Bertz CT molecular complexity index is 747. The van der Waals surface area contributed by atoms with Crippen molar-refractivity contribution in [1.82, 2.24) is 15.8 Å². The molecule has 0 atom stereocenters. The Hall–Kier alpha value is -3.06. The maximum atomic E-state index is 11.9. The molecule has 0 aromatic heterocycles. The highest BCUT2D eigenvalue weighted by Gasteiger charge is 2.17. The first-order chi connectivity index (χ1) is 13.7. The van der Waals surface area contributed by atoms with Gasteiger partial charge in [-0.15, -0.1) is 0 Å². The highest BCUT2D eigenvalue weighted by atomic mass is 16.5. The Labute approximate surface area is 165 Å². The molecule has 0 aliphatic carbocycles. The van der Waals surface area contributed by atoms with E-state index in [1.807, 2.05) is 36.4 Å². The molecule has 0 radical (unpaired) electrons. The molecule has 1 heterocycles. The maximum absolute atomic E-state index is 11.9. The Morgan fingerprint density at radius 2 is 1.43 bits per heavy atom.